The molecule has 1 aromatic carbocycles. The molecular formula is C18H22N4O2S. The highest BCUT2D eigenvalue weighted by atomic mass is 32.1. The second-order valence-corrected chi connectivity index (χ2v) is 7.46. The molecule has 1 aliphatic heterocycles. The molecule has 0 radical (unpaired) electrons. The van der Waals surface area contributed by atoms with Gasteiger partial charge in [0.15, 0.2) is 0 Å². The van der Waals surface area contributed by atoms with Gasteiger partial charge in [0.1, 0.15) is 5.00 Å². The fraction of sp³-hybridized carbons (Fsp3) is 0.333. The summed E-state index contributed by atoms with van der Waals surface area (Å²) in [7, 11) is 0. The zero-order chi connectivity index (χ0) is 18.0. The maximum absolute atomic E-state index is 12.3. The van der Waals surface area contributed by atoms with E-state index < -0.39 is 5.91 Å². The average molecular weight is 358 g/mol. The first-order valence-electron chi connectivity index (χ1n) is 8.28. The van der Waals surface area contributed by atoms with Crippen molar-refractivity contribution in [2.24, 2.45) is 5.73 Å². The van der Waals surface area contributed by atoms with Crippen LogP contribution in [0.2, 0.25) is 0 Å². The van der Waals surface area contributed by atoms with Crippen molar-refractivity contribution >= 4 is 34.0 Å². The lowest BCUT2D eigenvalue weighted by molar-refractivity contribution is 0.100. The van der Waals surface area contributed by atoms with Crippen molar-refractivity contribution in [2.45, 2.75) is 32.7 Å². The number of amides is 3. The summed E-state index contributed by atoms with van der Waals surface area (Å²) in [5, 5.41) is 9.34. The van der Waals surface area contributed by atoms with Crippen LogP contribution in [0.15, 0.2) is 24.3 Å². The fourth-order valence-electron chi connectivity index (χ4n) is 2.90. The number of primary amides is 1. The number of thiophene rings is 1. The van der Waals surface area contributed by atoms with E-state index in [0.717, 1.165) is 23.4 Å². The molecule has 2 aromatic rings. The van der Waals surface area contributed by atoms with E-state index in [1.54, 1.807) is 0 Å². The Labute approximate surface area is 150 Å². The summed E-state index contributed by atoms with van der Waals surface area (Å²) in [6.45, 7) is 5.74. The monoisotopic (exact) mass is 358 g/mol. The number of urea groups is 1. The Kier molecular flexibility index (Phi) is 5.06. The molecule has 3 amide bonds. The van der Waals surface area contributed by atoms with Crippen LogP contribution in [0.4, 0.5) is 15.5 Å². The molecule has 3 rings (SSSR count). The number of benzene rings is 1. The molecule has 0 saturated heterocycles. The van der Waals surface area contributed by atoms with Gasteiger partial charge in [-0.05, 0) is 42.1 Å². The van der Waals surface area contributed by atoms with Gasteiger partial charge in [-0.2, -0.15) is 0 Å². The summed E-state index contributed by atoms with van der Waals surface area (Å²) in [5.41, 5.74) is 8.83. The Morgan fingerprint density at radius 3 is 2.56 bits per heavy atom. The Morgan fingerprint density at radius 2 is 1.92 bits per heavy atom. The Hall–Kier alpha value is -2.38. The summed E-state index contributed by atoms with van der Waals surface area (Å²) in [5.74, 6) is -0.0666. The van der Waals surface area contributed by atoms with Crippen LogP contribution in [-0.2, 0) is 13.0 Å². The number of carbonyl (C=O) groups is 2. The Bertz CT molecular complexity index is 796. The third kappa shape index (κ3) is 3.83. The molecule has 6 nitrogen and oxygen atoms in total. The topological polar surface area (TPSA) is 96.2 Å². The number of nitrogens with two attached hydrogens (primary N) is 1. The van der Waals surface area contributed by atoms with Gasteiger partial charge in [-0.25, -0.2) is 4.79 Å². The van der Waals surface area contributed by atoms with E-state index in [1.807, 2.05) is 24.3 Å². The van der Waals surface area contributed by atoms with Gasteiger partial charge >= 0.3 is 6.03 Å². The SMILES string of the molecule is CC(C)c1ccc(NC(=O)Nc2sc3c(c2C(N)=O)CCNC3)cc1. The number of fused-ring (bicyclic) bond motifs is 1. The van der Waals surface area contributed by atoms with Crippen molar-refractivity contribution in [3.8, 4) is 0 Å². The molecule has 0 bridgehead atoms. The number of hydrogen-bond acceptors (Lipinski definition) is 4. The first-order chi connectivity index (χ1) is 12.0. The van der Waals surface area contributed by atoms with Crippen molar-refractivity contribution in [3.63, 3.8) is 0 Å². The highest BCUT2D eigenvalue weighted by Crippen LogP contribution is 2.35. The van der Waals surface area contributed by atoms with Crippen LogP contribution in [0.5, 0.6) is 0 Å². The first kappa shape index (κ1) is 17.4. The van der Waals surface area contributed by atoms with E-state index in [9.17, 15) is 9.59 Å². The summed E-state index contributed by atoms with van der Waals surface area (Å²) in [4.78, 5) is 25.2. The minimum absolute atomic E-state index is 0.383. The Balaban J connectivity index is 1.74. The van der Waals surface area contributed by atoms with E-state index in [4.69, 9.17) is 5.73 Å². The van der Waals surface area contributed by atoms with E-state index in [0.29, 0.717) is 28.7 Å². The summed E-state index contributed by atoms with van der Waals surface area (Å²) in [6.07, 6.45) is 0.740. The van der Waals surface area contributed by atoms with Crippen LogP contribution in [0.1, 0.15) is 46.1 Å². The lowest BCUT2D eigenvalue weighted by atomic mass is 10.0. The molecule has 0 saturated carbocycles. The lowest BCUT2D eigenvalue weighted by Gasteiger charge is -2.13. The van der Waals surface area contributed by atoms with Crippen molar-refractivity contribution in [1.29, 1.82) is 0 Å². The maximum atomic E-state index is 12.3. The van der Waals surface area contributed by atoms with Crippen molar-refractivity contribution < 1.29 is 9.59 Å². The molecule has 1 aliphatic rings. The highest BCUT2D eigenvalue weighted by Gasteiger charge is 2.24. The molecular weight excluding hydrogens is 336 g/mol. The zero-order valence-electron chi connectivity index (χ0n) is 14.3. The number of carbonyl (C=O) groups excluding carboxylic acids is 2. The second kappa shape index (κ2) is 7.25. The molecule has 0 fully saturated rings. The maximum Gasteiger partial charge on any atom is 0.324 e. The fourth-order valence-corrected chi connectivity index (χ4v) is 4.12. The largest absolute Gasteiger partial charge is 0.365 e. The predicted molar refractivity (Wildman–Crippen MR) is 101 cm³/mol. The summed E-state index contributed by atoms with van der Waals surface area (Å²) >= 11 is 1.40. The minimum Gasteiger partial charge on any atom is -0.365 e. The van der Waals surface area contributed by atoms with Gasteiger partial charge in [-0.15, -0.1) is 11.3 Å². The molecule has 0 spiro atoms. The smallest absolute Gasteiger partial charge is 0.324 e. The summed E-state index contributed by atoms with van der Waals surface area (Å²) < 4.78 is 0. The third-order valence-electron chi connectivity index (χ3n) is 4.24. The van der Waals surface area contributed by atoms with Crippen molar-refractivity contribution in [2.75, 3.05) is 17.2 Å². The number of nitrogens with one attached hydrogen (secondary N) is 3. The van der Waals surface area contributed by atoms with Crippen molar-refractivity contribution in [3.05, 3.63) is 45.8 Å². The van der Waals surface area contributed by atoms with Crippen LogP contribution < -0.4 is 21.7 Å². The standard InChI is InChI=1S/C18H22N4O2S/c1-10(2)11-3-5-12(6-4-11)21-18(24)22-17-15(16(19)23)13-7-8-20-9-14(13)25-17/h3-6,10,20H,7-9H2,1-2H3,(H2,19,23)(H2,21,22,24). The average Bonchev–Trinajstić information content (AvgIpc) is 2.92. The van der Waals surface area contributed by atoms with Crippen LogP contribution in [0.25, 0.3) is 0 Å². The van der Waals surface area contributed by atoms with Gasteiger partial charge in [0.2, 0.25) is 0 Å². The second-order valence-electron chi connectivity index (χ2n) is 6.35. The van der Waals surface area contributed by atoms with Crippen LogP contribution in [-0.4, -0.2) is 18.5 Å². The van der Waals surface area contributed by atoms with Gasteiger partial charge < -0.3 is 16.4 Å². The first-order valence-corrected chi connectivity index (χ1v) is 9.10. The quantitative estimate of drug-likeness (QED) is 0.675. The lowest BCUT2D eigenvalue weighted by Crippen LogP contribution is -2.25. The van der Waals surface area contributed by atoms with E-state index in [2.05, 4.69) is 29.8 Å². The normalized spacial score (nSPS) is 13.4. The van der Waals surface area contributed by atoms with Gasteiger partial charge in [0, 0.05) is 17.1 Å². The molecule has 7 heteroatoms. The number of hydrogen-bond donors (Lipinski definition) is 4. The van der Waals surface area contributed by atoms with E-state index >= 15 is 0 Å². The summed E-state index contributed by atoms with van der Waals surface area (Å²) in [6, 6.07) is 7.34. The van der Waals surface area contributed by atoms with E-state index in [-0.39, 0.29) is 6.03 Å². The molecule has 0 unspecified atom stereocenters. The van der Waals surface area contributed by atoms with Crippen LogP contribution in [0, 0.1) is 0 Å². The van der Waals surface area contributed by atoms with Gasteiger partial charge in [-0.3, -0.25) is 10.1 Å². The molecule has 25 heavy (non-hydrogen) atoms. The highest BCUT2D eigenvalue weighted by molar-refractivity contribution is 7.17. The van der Waals surface area contributed by atoms with Gasteiger partial charge in [0.05, 0.1) is 5.56 Å². The molecule has 0 atom stereocenters. The van der Waals surface area contributed by atoms with Crippen LogP contribution >= 0.6 is 11.3 Å². The molecule has 2 heterocycles. The zero-order valence-corrected chi connectivity index (χ0v) is 15.1. The molecule has 132 valence electrons. The number of anilines is 2. The third-order valence-corrected chi connectivity index (χ3v) is 5.38. The number of rotatable bonds is 4. The Morgan fingerprint density at radius 1 is 1.20 bits per heavy atom. The molecule has 0 aliphatic carbocycles. The van der Waals surface area contributed by atoms with Crippen molar-refractivity contribution in [1.82, 2.24) is 5.32 Å². The van der Waals surface area contributed by atoms with Crippen LogP contribution in [0.3, 0.4) is 0 Å². The molecule has 1 aromatic heterocycles. The molecule has 5 N–H and O–H groups in total. The minimum atomic E-state index is -0.504. The van der Waals surface area contributed by atoms with E-state index in [1.165, 1.54) is 16.9 Å². The van der Waals surface area contributed by atoms with Gasteiger partial charge in [0.25, 0.3) is 5.91 Å². The predicted octanol–water partition coefficient (Wildman–Crippen LogP) is 3.26. The van der Waals surface area contributed by atoms with Gasteiger partial charge in [-0.1, -0.05) is 26.0 Å².